The van der Waals surface area contributed by atoms with E-state index in [1.54, 1.807) is 0 Å². The third kappa shape index (κ3) is 11.1. The van der Waals surface area contributed by atoms with E-state index < -0.39 is 137 Å². The monoisotopic (exact) mass is 1090 g/mol. The molecule has 4 aromatic carbocycles. The Morgan fingerprint density at radius 3 is 1.71 bits per heavy atom. The van der Waals surface area contributed by atoms with Crippen LogP contribution >= 0.6 is 0 Å². The fourth-order valence-corrected chi connectivity index (χ4v) is 11.6. The summed E-state index contributed by atoms with van der Waals surface area (Å²) in [6, 6.07) is 13.2. The summed E-state index contributed by atoms with van der Waals surface area (Å²) in [6.45, 7) is -1.45. The largest absolute Gasteiger partial charge is 0.456 e. The first-order chi connectivity index (χ1) is 32.4. The molecule has 8 N–H and O–H groups in total. The summed E-state index contributed by atoms with van der Waals surface area (Å²) >= 11 is 0. The molecule has 25 nitrogen and oxygen atoms in total. The first-order valence-corrected chi connectivity index (χ1v) is 28.1. The molecule has 0 aromatic heterocycles. The number of carbonyl (C=O) groups excluding carboxylic acids is 1. The van der Waals surface area contributed by atoms with E-state index in [4.69, 9.17) is 4.42 Å². The van der Waals surface area contributed by atoms with Gasteiger partial charge in [-0.05, 0) is 72.0 Å². The molecule has 2 heterocycles. The van der Waals surface area contributed by atoms with E-state index >= 15 is 0 Å². The van der Waals surface area contributed by atoms with Gasteiger partial charge in [0.1, 0.15) is 30.9 Å². The molecule has 0 bridgehead atoms. The van der Waals surface area contributed by atoms with Crippen LogP contribution in [0.15, 0.2) is 124 Å². The molecule has 374 valence electrons. The van der Waals surface area contributed by atoms with E-state index in [1.807, 2.05) is 0 Å². The minimum atomic E-state index is -5.37. The number of carbonyl (C=O) groups is 1. The Morgan fingerprint density at radius 2 is 1.17 bits per heavy atom. The molecule has 1 amide bonds. The molecule has 2 aliphatic heterocycles. The predicted molar refractivity (Wildman–Crippen MR) is 239 cm³/mol. The molecular formula is C39H35N3O22S6. The molecule has 7 rings (SSSR count). The van der Waals surface area contributed by atoms with E-state index in [1.165, 1.54) is 29.2 Å². The van der Waals surface area contributed by atoms with E-state index in [-0.39, 0.29) is 64.9 Å². The van der Waals surface area contributed by atoms with Crippen molar-refractivity contribution in [2.45, 2.75) is 61.4 Å². The van der Waals surface area contributed by atoms with Gasteiger partial charge in [-0.15, -0.1) is 0 Å². The first kappa shape index (κ1) is 52.1. The molecule has 1 saturated heterocycles. The zero-order valence-corrected chi connectivity index (χ0v) is 39.9. The van der Waals surface area contributed by atoms with Crippen molar-refractivity contribution in [2.24, 2.45) is 4.99 Å². The summed E-state index contributed by atoms with van der Waals surface area (Å²) in [7, 11) is -31.2. The Kier molecular flexibility index (Phi) is 14.0. The van der Waals surface area contributed by atoms with Crippen LogP contribution < -0.4 is 10.7 Å². The molecule has 31 heteroatoms. The lowest BCUT2D eigenvalue weighted by molar-refractivity contribution is -0.284. The molecule has 1 fully saturated rings. The van der Waals surface area contributed by atoms with Crippen molar-refractivity contribution in [3.8, 4) is 22.5 Å². The number of nitrogens with zero attached hydrogens (tertiary/aromatic N) is 2. The van der Waals surface area contributed by atoms with Gasteiger partial charge in [-0.25, -0.2) is 4.89 Å². The fraction of sp³-hybridized carbons (Fsp3) is 0.179. The van der Waals surface area contributed by atoms with Crippen LogP contribution in [0.5, 0.6) is 0 Å². The van der Waals surface area contributed by atoms with Crippen molar-refractivity contribution >= 4 is 83.3 Å². The molecular weight excluding hydrogens is 1050 g/mol. The van der Waals surface area contributed by atoms with Gasteiger partial charge in [-0.1, -0.05) is 30.3 Å². The lowest BCUT2D eigenvalue weighted by atomic mass is 9.90. The van der Waals surface area contributed by atoms with Crippen LogP contribution in [0, 0.1) is 0 Å². The Hall–Kier alpha value is -5.78. The highest BCUT2D eigenvalue weighted by molar-refractivity contribution is 7.87. The normalized spacial score (nSPS) is 14.9. The highest BCUT2D eigenvalue weighted by Gasteiger charge is 2.31. The maximum absolute atomic E-state index is 14.3. The van der Waals surface area contributed by atoms with Gasteiger partial charge in [-0.3, -0.25) is 42.4 Å². The Morgan fingerprint density at radius 1 is 0.629 bits per heavy atom. The van der Waals surface area contributed by atoms with Crippen molar-refractivity contribution in [3.05, 3.63) is 107 Å². The van der Waals surface area contributed by atoms with E-state index in [0.29, 0.717) is 12.1 Å². The molecule has 0 spiro atoms. The summed E-state index contributed by atoms with van der Waals surface area (Å²) in [4.78, 5) is 18.3. The SMILES string of the molecule is O=C(c1ccccc1-c1c2cc(S(=O)(=O)O)c(=NCc3ccc(S(=O)(=O)O)cc3S(=O)(=O)O)cc-2oc2cc(NCc3ccc(S(=O)(=O)O)cc3S(=O)(=O)O)c(S(=O)(=O)O)cc12)N1CCC(OO)CC1. The number of nitrogens with one attached hydrogen (secondary N) is 1. The fourth-order valence-electron chi connectivity index (χ4n) is 7.63. The summed E-state index contributed by atoms with van der Waals surface area (Å²) in [5.41, 5.74) is -2.29. The van der Waals surface area contributed by atoms with Crippen LogP contribution in [0.3, 0.4) is 0 Å². The number of fused-ring (bicyclic) bond motifs is 2. The van der Waals surface area contributed by atoms with Crippen LogP contribution in [0.1, 0.15) is 34.3 Å². The van der Waals surface area contributed by atoms with Gasteiger partial charge in [0.05, 0.1) is 33.5 Å². The number of hydrogen-bond acceptors (Lipinski definition) is 18. The van der Waals surface area contributed by atoms with Crippen LogP contribution in [0.2, 0.25) is 0 Å². The molecule has 4 aromatic rings. The lowest BCUT2D eigenvalue weighted by Crippen LogP contribution is -2.40. The van der Waals surface area contributed by atoms with Crippen LogP contribution in [-0.2, 0) is 78.7 Å². The minimum Gasteiger partial charge on any atom is -0.456 e. The number of benzene rings is 5. The van der Waals surface area contributed by atoms with E-state index in [9.17, 15) is 87.9 Å². The summed E-state index contributed by atoms with van der Waals surface area (Å²) in [5, 5.41) is 10.8. The first-order valence-electron chi connectivity index (χ1n) is 19.5. The average Bonchev–Trinajstić information content (AvgIpc) is 3.26. The molecule has 0 saturated carbocycles. The number of rotatable bonds is 14. The third-order valence-electron chi connectivity index (χ3n) is 10.9. The van der Waals surface area contributed by atoms with E-state index in [0.717, 1.165) is 48.5 Å². The Bertz CT molecular complexity index is 3890. The number of piperidine rings is 1. The number of likely N-dealkylation sites (tertiary alicyclic amines) is 1. The van der Waals surface area contributed by atoms with Crippen molar-refractivity contribution in [2.75, 3.05) is 18.4 Å². The summed E-state index contributed by atoms with van der Waals surface area (Å²) in [6.07, 6.45) is -0.162. The zero-order valence-electron chi connectivity index (χ0n) is 35.0. The van der Waals surface area contributed by atoms with Crippen molar-refractivity contribution in [3.63, 3.8) is 0 Å². The summed E-state index contributed by atoms with van der Waals surface area (Å²) in [5.74, 6) is -0.970. The highest BCUT2D eigenvalue weighted by Crippen LogP contribution is 2.44. The number of anilines is 1. The van der Waals surface area contributed by atoms with Gasteiger partial charge >= 0.3 is 0 Å². The topological polar surface area (TPSA) is 414 Å². The molecule has 0 radical (unpaired) electrons. The maximum Gasteiger partial charge on any atom is 0.296 e. The second-order valence-electron chi connectivity index (χ2n) is 15.3. The van der Waals surface area contributed by atoms with Crippen molar-refractivity contribution in [1.29, 1.82) is 0 Å². The van der Waals surface area contributed by atoms with Gasteiger partial charge in [0.15, 0.2) is 0 Å². The minimum absolute atomic E-state index is 0.0276. The second kappa shape index (κ2) is 18.8. The van der Waals surface area contributed by atoms with Crippen LogP contribution in [-0.4, -0.2) is 113 Å². The van der Waals surface area contributed by atoms with Gasteiger partial charge < -0.3 is 14.6 Å². The van der Waals surface area contributed by atoms with Gasteiger partial charge in [0.2, 0.25) is 0 Å². The molecule has 1 aliphatic carbocycles. The quantitative estimate of drug-likeness (QED) is 0.0335. The zero-order chi connectivity index (χ0) is 51.5. The van der Waals surface area contributed by atoms with E-state index in [2.05, 4.69) is 15.2 Å². The highest BCUT2D eigenvalue weighted by atomic mass is 32.2. The third-order valence-corrected chi connectivity index (χ3v) is 16.2. The standard InChI is InChI=1S/C39H35N3O22S6/c43-39(42-11-9-23(64-44)10-12-42)27-4-2-1-3-26(27)38-28-15-36(69(57,58)59)30(40-19-21-5-7-24(65(45,46)47)13-34(21)67(51,52)53)17-32(28)63-33-18-31(37(16-29(33)38)70(60,61)62)41-20-22-6-8-25(66(48,49)50)14-35(22)68(54,55)56/h1-8,13-18,23,40,44H,9-12,19-20H2,(H,45,46,47)(H,48,49,50)(H,51,52,53)(H,54,55,56)(H,57,58,59)(H,60,61,62). The lowest BCUT2D eigenvalue weighted by Gasteiger charge is -2.31. The summed E-state index contributed by atoms with van der Waals surface area (Å²) < 4.78 is 215. The number of hydrogen-bond donors (Lipinski definition) is 8. The number of amides is 1. The molecule has 0 unspecified atom stereocenters. The Labute approximate surface area is 397 Å². The molecule has 0 atom stereocenters. The smallest absolute Gasteiger partial charge is 0.296 e. The van der Waals surface area contributed by atoms with Crippen LogP contribution in [0.25, 0.3) is 33.4 Å². The van der Waals surface area contributed by atoms with Gasteiger partial charge in [-0.2, -0.15) is 50.5 Å². The average molecular weight is 1090 g/mol. The Balaban J connectivity index is 1.52. The predicted octanol–water partition coefficient (Wildman–Crippen LogP) is 3.49. The van der Waals surface area contributed by atoms with Crippen molar-refractivity contribution < 1.29 is 97.2 Å². The molecule has 70 heavy (non-hydrogen) atoms. The van der Waals surface area contributed by atoms with Crippen LogP contribution in [0.4, 0.5) is 5.69 Å². The van der Waals surface area contributed by atoms with Gasteiger partial charge in [0.25, 0.3) is 66.6 Å². The van der Waals surface area contributed by atoms with Crippen molar-refractivity contribution in [1.82, 2.24) is 4.90 Å². The van der Waals surface area contributed by atoms with Gasteiger partial charge in [0, 0.05) is 53.8 Å². The maximum atomic E-state index is 14.3. The molecule has 3 aliphatic rings. The second-order valence-corrected chi connectivity index (χ2v) is 23.7.